The van der Waals surface area contributed by atoms with Gasteiger partial charge in [0.05, 0.1) is 5.92 Å². The van der Waals surface area contributed by atoms with Gasteiger partial charge in [-0.05, 0) is 26.8 Å². The summed E-state index contributed by atoms with van der Waals surface area (Å²) in [7, 11) is 3.63. The van der Waals surface area contributed by atoms with Gasteiger partial charge in [0.15, 0.2) is 0 Å². The SMILES string of the molecule is CCCC(OC)c1noc(C(CC)C(C)NC)n1. The highest BCUT2D eigenvalue weighted by atomic mass is 16.5. The topological polar surface area (TPSA) is 60.2 Å². The zero-order valence-corrected chi connectivity index (χ0v) is 12.1. The van der Waals surface area contributed by atoms with Crippen molar-refractivity contribution in [2.45, 2.75) is 58.1 Å². The van der Waals surface area contributed by atoms with Gasteiger partial charge in [-0.15, -0.1) is 0 Å². The second-order valence-electron chi connectivity index (χ2n) is 4.60. The molecular formula is C13H25N3O2. The maximum Gasteiger partial charge on any atom is 0.231 e. The molecular weight excluding hydrogens is 230 g/mol. The van der Waals surface area contributed by atoms with Crippen LogP contribution in [0.5, 0.6) is 0 Å². The quantitative estimate of drug-likeness (QED) is 0.774. The van der Waals surface area contributed by atoms with E-state index in [9.17, 15) is 0 Å². The monoisotopic (exact) mass is 255 g/mol. The molecule has 0 saturated heterocycles. The Balaban J connectivity index is 2.83. The van der Waals surface area contributed by atoms with Crippen LogP contribution in [-0.2, 0) is 4.74 Å². The van der Waals surface area contributed by atoms with Gasteiger partial charge >= 0.3 is 0 Å². The standard InChI is InChI=1S/C13H25N3O2/c1-6-8-11(17-5)12-15-13(18-16-12)10(7-2)9(3)14-4/h9-11,14H,6-8H2,1-5H3. The van der Waals surface area contributed by atoms with E-state index in [-0.39, 0.29) is 12.0 Å². The molecule has 1 aromatic rings. The molecule has 1 rings (SSSR count). The Kier molecular flexibility index (Phi) is 6.29. The fraction of sp³-hybridized carbons (Fsp3) is 0.846. The molecule has 5 heteroatoms. The van der Waals surface area contributed by atoms with Gasteiger partial charge < -0.3 is 14.6 Å². The third-order valence-electron chi connectivity index (χ3n) is 3.40. The van der Waals surface area contributed by atoms with Gasteiger partial charge in [-0.25, -0.2) is 0 Å². The van der Waals surface area contributed by atoms with Crippen molar-refractivity contribution in [2.24, 2.45) is 0 Å². The highest BCUT2D eigenvalue weighted by Crippen LogP contribution is 2.25. The molecule has 3 unspecified atom stereocenters. The molecule has 0 radical (unpaired) electrons. The summed E-state index contributed by atoms with van der Waals surface area (Å²) in [6.07, 6.45) is 2.85. The third kappa shape index (κ3) is 3.53. The Morgan fingerprint density at radius 2 is 2.11 bits per heavy atom. The Labute approximate surface area is 109 Å². The highest BCUT2D eigenvalue weighted by molar-refractivity contribution is 4.99. The minimum Gasteiger partial charge on any atom is -0.373 e. The van der Waals surface area contributed by atoms with Gasteiger partial charge in [0.1, 0.15) is 6.10 Å². The molecule has 0 saturated carbocycles. The molecule has 0 fully saturated rings. The summed E-state index contributed by atoms with van der Waals surface area (Å²) < 4.78 is 10.8. The lowest BCUT2D eigenvalue weighted by atomic mass is 9.98. The van der Waals surface area contributed by atoms with Crippen LogP contribution in [-0.4, -0.2) is 30.3 Å². The minimum atomic E-state index is -0.0603. The Morgan fingerprint density at radius 3 is 2.61 bits per heavy atom. The van der Waals surface area contributed by atoms with Crippen molar-refractivity contribution in [2.75, 3.05) is 14.2 Å². The minimum absolute atomic E-state index is 0.0603. The lowest BCUT2D eigenvalue weighted by Crippen LogP contribution is -2.28. The molecule has 1 N–H and O–H groups in total. The van der Waals surface area contributed by atoms with E-state index in [0.29, 0.717) is 17.8 Å². The molecule has 5 nitrogen and oxygen atoms in total. The predicted molar refractivity (Wildman–Crippen MR) is 70.5 cm³/mol. The number of methoxy groups -OCH3 is 1. The molecule has 1 heterocycles. The first kappa shape index (κ1) is 15.1. The first-order valence-electron chi connectivity index (χ1n) is 6.71. The van der Waals surface area contributed by atoms with Crippen molar-refractivity contribution < 1.29 is 9.26 Å². The summed E-state index contributed by atoms with van der Waals surface area (Å²) >= 11 is 0. The molecule has 0 aromatic carbocycles. The average molecular weight is 255 g/mol. The fourth-order valence-corrected chi connectivity index (χ4v) is 2.09. The largest absolute Gasteiger partial charge is 0.373 e. The maximum atomic E-state index is 5.39. The molecule has 0 spiro atoms. The summed E-state index contributed by atoms with van der Waals surface area (Å²) in [6, 6.07) is 0.315. The zero-order chi connectivity index (χ0) is 13.5. The van der Waals surface area contributed by atoms with E-state index in [1.54, 1.807) is 7.11 Å². The summed E-state index contributed by atoms with van der Waals surface area (Å²) in [6.45, 7) is 6.37. The van der Waals surface area contributed by atoms with E-state index in [1.807, 2.05) is 7.05 Å². The van der Waals surface area contributed by atoms with E-state index >= 15 is 0 Å². The number of ether oxygens (including phenoxy) is 1. The van der Waals surface area contributed by atoms with Crippen molar-refractivity contribution in [1.29, 1.82) is 0 Å². The second kappa shape index (κ2) is 7.48. The van der Waals surface area contributed by atoms with Gasteiger partial charge in [0, 0.05) is 13.2 Å². The predicted octanol–water partition coefficient (Wildman–Crippen LogP) is 2.66. The number of aromatic nitrogens is 2. The number of nitrogens with one attached hydrogen (secondary N) is 1. The summed E-state index contributed by atoms with van der Waals surface area (Å²) in [4.78, 5) is 4.50. The molecule has 0 amide bonds. The van der Waals surface area contributed by atoms with Crippen LogP contribution < -0.4 is 5.32 Å². The summed E-state index contributed by atoms with van der Waals surface area (Å²) in [5, 5.41) is 7.29. The van der Waals surface area contributed by atoms with Gasteiger partial charge in [-0.2, -0.15) is 4.98 Å². The van der Waals surface area contributed by atoms with E-state index in [1.165, 1.54) is 0 Å². The molecule has 0 aliphatic heterocycles. The molecule has 104 valence electrons. The lowest BCUT2D eigenvalue weighted by molar-refractivity contribution is 0.0854. The summed E-state index contributed by atoms with van der Waals surface area (Å²) in [5.74, 6) is 1.61. The van der Waals surface area contributed by atoms with Crippen LogP contribution >= 0.6 is 0 Å². The number of rotatable bonds is 8. The van der Waals surface area contributed by atoms with Crippen molar-refractivity contribution in [3.05, 3.63) is 11.7 Å². The maximum absolute atomic E-state index is 5.39. The average Bonchev–Trinajstić information content (AvgIpc) is 2.85. The van der Waals surface area contributed by atoms with Crippen LogP contribution in [0.4, 0.5) is 0 Å². The normalized spacial score (nSPS) is 16.5. The number of likely N-dealkylation sites (N-methyl/N-ethyl adjacent to an activating group) is 1. The van der Waals surface area contributed by atoms with Crippen molar-refractivity contribution in [3.63, 3.8) is 0 Å². The van der Waals surface area contributed by atoms with Crippen LogP contribution in [0.15, 0.2) is 4.52 Å². The molecule has 0 aliphatic rings. The number of nitrogens with zero attached hydrogens (tertiary/aromatic N) is 2. The van der Waals surface area contributed by atoms with E-state index < -0.39 is 0 Å². The van der Waals surface area contributed by atoms with Crippen LogP contribution in [0.2, 0.25) is 0 Å². The molecule has 3 atom stereocenters. The van der Waals surface area contributed by atoms with Gasteiger partial charge in [0.25, 0.3) is 0 Å². The van der Waals surface area contributed by atoms with Crippen LogP contribution in [0.3, 0.4) is 0 Å². The fourth-order valence-electron chi connectivity index (χ4n) is 2.09. The zero-order valence-electron chi connectivity index (χ0n) is 12.1. The molecule has 0 bridgehead atoms. The first-order valence-corrected chi connectivity index (χ1v) is 6.71. The Morgan fingerprint density at radius 1 is 1.39 bits per heavy atom. The van der Waals surface area contributed by atoms with Crippen molar-refractivity contribution in [3.8, 4) is 0 Å². The second-order valence-corrected chi connectivity index (χ2v) is 4.60. The Hall–Kier alpha value is -0.940. The lowest BCUT2D eigenvalue weighted by Gasteiger charge is -2.17. The third-order valence-corrected chi connectivity index (χ3v) is 3.40. The highest BCUT2D eigenvalue weighted by Gasteiger charge is 2.24. The number of hydrogen-bond donors (Lipinski definition) is 1. The van der Waals surface area contributed by atoms with Gasteiger partial charge in [-0.3, -0.25) is 0 Å². The number of hydrogen-bond acceptors (Lipinski definition) is 5. The summed E-state index contributed by atoms with van der Waals surface area (Å²) in [5.41, 5.74) is 0. The van der Waals surface area contributed by atoms with E-state index in [0.717, 1.165) is 19.3 Å². The van der Waals surface area contributed by atoms with Crippen LogP contribution in [0.25, 0.3) is 0 Å². The first-order chi connectivity index (χ1) is 8.67. The van der Waals surface area contributed by atoms with Crippen LogP contribution in [0, 0.1) is 0 Å². The van der Waals surface area contributed by atoms with Gasteiger partial charge in [-0.1, -0.05) is 25.4 Å². The van der Waals surface area contributed by atoms with Gasteiger partial charge in [0.2, 0.25) is 11.7 Å². The van der Waals surface area contributed by atoms with Crippen LogP contribution in [0.1, 0.15) is 63.8 Å². The van der Waals surface area contributed by atoms with Crippen molar-refractivity contribution >= 4 is 0 Å². The molecule has 18 heavy (non-hydrogen) atoms. The Bertz CT molecular complexity index is 341. The van der Waals surface area contributed by atoms with Crippen molar-refractivity contribution in [1.82, 2.24) is 15.5 Å². The van der Waals surface area contributed by atoms with E-state index in [4.69, 9.17) is 9.26 Å². The van der Waals surface area contributed by atoms with E-state index in [2.05, 4.69) is 36.2 Å². The molecule has 1 aromatic heterocycles. The smallest absolute Gasteiger partial charge is 0.231 e. The molecule has 0 aliphatic carbocycles.